The predicted octanol–water partition coefficient (Wildman–Crippen LogP) is 4.34. The third-order valence-electron chi connectivity index (χ3n) is 4.33. The number of halogens is 1. The summed E-state index contributed by atoms with van der Waals surface area (Å²) in [5.41, 5.74) is 0.380. The van der Waals surface area contributed by atoms with Gasteiger partial charge in [0.05, 0.1) is 11.2 Å². The lowest BCUT2D eigenvalue weighted by atomic mass is 9.78. The number of hydrogen-bond donors (Lipinski definition) is 1. The minimum Gasteiger partial charge on any atom is -0.507 e. The number of phenols is 1. The summed E-state index contributed by atoms with van der Waals surface area (Å²) < 4.78 is 12.1. The van der Waals surface area contributed by atoms with Crippen LogP contribution in [0.25, 0.3) is 6.08 Å². The molecule has 0 atom stereocenters. The molecule has 1 aromatic rings. The van der Waals surface area contributed by atoms with Crippen molar-refractivity contribution in [1.29, 1.82) is 0 Å². The van der Waals surface area contributed by atoms with E-state index in [4.69, 9.17) is 20.9 Å². The second kappa shape index (κ2) is 7.12. The summed E-state index contributed by atoms with van der Waals surface area (Å²) in [5.74, 6) is 0.527. The number of carbonyl (C=O) groups is 1. The van der Waals surface area contributed by atoms with Crippen molar-refractivity contribution in [2.45, 2.75) is 45.8 Å². The predicted molar refractivity (Wildman–Crippen MR) is 100 cm³/mol. The first-order chi connectivity index (χ1) is 11.0. The van der Waals surface area contributed by atoms with E-state index in [1.807, 2.05) is 27.7 Å². The van der Waals surface area contributed by atoms with Gasteiger partial charge in [0.2, 0.25) is 0 Å². The second-order valence-corrected chi connectivity index (χ2v) is 8.38. The van der Waals surface area contributed by atoms with E-state index in [1.165, 1.54) is 24.8 Å². The van der Waals surface area contributed by atoms with E-state index in [1.54, 1.807) is 18.2 Å². The molecule has 4 nitrogen and oxygen atoms in total. The van der Waals surface area contributed by atoms with E-state index < -0.39 is 18.3 Å². The van der Waals surface area contributed by atoms with Crippen LogP contribution in [0.5, 0.6) is 5.75 Å². The minimum atomic E-state index is -0.583. The molecule has 1 aromatic carbocycles. The van der Waals surface area contributed by atoms with E-state index in [-0.39, 0.29) is 10.9 Å². The largest absolute Gasteiger partial charge is 0.507 e. The van der Waals surface area contributed by atoms with Crippen LogP contribution in [0.15, 0.2) is 23.7 Å². The van der Waals surface area contributed by atoms with Gasteiger partial charge in [-0.3, -0.25) is 4.79 Å². The lowest BCUT2D eigenvalue weighted by molar-refractivity contribution is -0.109. The van der Waals surface area contributed by atoms with Gasteiger partial charge in [0.1, 0.15) is 5.75 Å². The maximum absolute atomic E-state index is 11.4. The Labute approximate surface area is 152 Å². The first-order valence-corrected chi connectivity index (χ1v) is 9.06. The second-order valence-electron chi connectivity index (χ2n) is 6.79. The van der Waals surface area contributed by atoms with Crippen molar-refractivity contribution in [2.24, 2.45) is 0 Å². The molecule has 0 spiro atoms. The molecule has 0 bridgehead atoms. The molecule has 130 valence electrons. The lowest BCUT2D eigenvalue weighted by Gasteiger charge is -2.32. The Morgan fingerprint density at radius 2 is 1.88 bits per heavy atom. The number of phenolic OH excluding ortho intramolecular Hbond substituents is 1. The van der Waals surface area contributed by atoms with Gasteiger partial charge in [-0.2, -0.15) is 0 Å². The molecule has 0 aliphatic carbocycles. The van der Waals surface area contributed by atoms with Crippen LogP contribution in [0.4, 0.5) is 0 Å². The zero-order valence-corrected chi connectivity index (χ0v) is 16.1. The Kier molecular flexibility index (Phi) is 5.75. The van der Waals surface area contributed by atoms with Crippen LogP contribution in [-0.4, -0.2) is 34.3 Å². The maximum atomic E-state index is 11.4. The maximum Gasteiger partial charge on any atom is 0.491 e. The first-order valence-electron chi connectivity index (χ1n) is 7.70. The lowest BCUT2D eigenvalue weighted by Crippen LogP contribution is -2.41. The Morgan fingerprint density at radius 3 is 2.42 bits per heavy atom. The summed E-state index contributed by atoms with van der Waals surface area (Å²) in [4.78, 5) is 11.4. The molecule has 0 saturated carbocycles. The molecule has 1 fully saturated rings. The van der Waals surface area contributed by atoms with Gasteiger partial charge in [-0.1, -0.05) is 29.4 Å². The molecular formula is C17H22BClO4S. The zero-order valence-electron chi connectivity index (χ0n) is 14.6. The number of aromatic hydroxyl groups is 1. The molecule has 0 unspecified atom stereocenters. The summed E-state index contributed by atoms with van der Waals surface area (Å²) in [6, 6.07) is 4.82. The van der Waals surface area contributed by atoms with Crippen LogP contribution in [0.3, 0.4) is 0 Å². The summed E-state index contributed by atoms with van der Waals surface area (Å²) in [6.07, 6.45) is 1.78. The third kappa shape index (κ3) is 4.36. The number of benzene rings is 1. The number of rotatable bonds is 4. The minimum absolute atomic E-state index is 0.00716. The highest BCUT2D eigenvalue weighted by Gasteiger charge is 2.52. The molecule has 1 N–H and O–H groups in total. The van der Waals surface area contributed by atoms with Gasteiger partial charge in [-0.05, 0) is 51.4 Å². The molecular weight excluding hydrogens is 347 g/mol. The molecule has 0 aromatic heterocycles. The highest BCUT2D eigenvalue weighted by atomic mass is 35.5. The molecule has 1 heterocycles. The number of hydrogen-bond acceptors (Lipinski definition) is 5. The van der Waals surface area contributed by atoms with Crippen LogP contribution in [-0.2, 0) is 14.1 Å². The van der Waals surface area contributed by atoms with Crippen LogP contribution in [0, 0.1) is 0 Å². The highest BCUT2D eigenvalue weighted by Crippen LogP contribution is 2.39. The summed E-state index contributed by atoms with van der Waals surface area (Å²) in [5, 5.41) is 10.6. The number of thioether (sulfide) groups is 1. The summed E-state index contributed by atoms with van der Waals surface area (Å²) >= 11 is 7.19. The fourth-order valence-electron chi connectivity index (χ4n) is 2.20. The van der Waals surface area contributed by atoms with Gasteiger partial charge in [-0.15, -0.1) is 0 Å². The molecule has 7 heteroatoms. The van der Waals surface area contributed by atoms with Gasteiger partial charge < -0.3 is 14.4 Å². The summed E-state index contributed by atoms with van der Waals surface area (Å²) in [6.45, 7) is 9.40. The average Bonchev–Trinajstić information content (AvgIpc) is 2.66. The van der Waals surface area contributed by atoms with E-state index in [2.05, 4.69) is 0 Å². The van der Waals surface area contributed by atoms with Crippen molar-refractivity contribution < 1.29 is 19.2 Å². The Hall–Kier alpha value is -0.945. The van der Waals surface area contributed by atoms with Gasteiger partial charge in [0.25, 0.3) is 0 Å². The number of carbonyl (C=O) groups excluding carboxylic acids is 1. The van der Waals surface area contributed by atoms with E-state index >= 15 is 0 Å². The highest BCUT2D eigenvalue weighted by molar-refractivity contribution is 8.13. The van der Waals surface area contributed by atoms with Gasteiger partial charge >= 0.3 is 7.12 Å². The molecule has 1 saturated heterocycles. The van der Waals surface area contributed by atoms with Gasteiger partial charge in [0, 0.05) is 23.3 Å². The van der Waals surface area contributed by atoms with Crippen molar-refractivity contribution in [1.82, 2.24) is 0 Å². The van der Waals surface area contributed by atoms with Crippen LogP contribution < -0.4 is 0 Å². The Balaban J connectivity index is 2.37. The van der Waals surface area contributed by atoms with Gasteiger partial charge in [-0.25, -0.2) is 0 Å². The Bertz CT molecular complexity index is 657. The first kappa shape index (κ1) is 19.4. The SMILES string of the molecule is CC(=O)SCC(=Cc1cc(Cl)ccc1O)B1OC(C)(C)C(C)(C)O1. The van der Waals surface area contributed by atoms with Crippen LogP contribution in [0.1, 0.15) is 40.2 Å². The van der Waals surface area contributed by atoms with Crippen molar-refractivity contribution in [3.8, 4) is 5.75 Å². The topological polar surface area (TPSA) is 55.8 Å². The monoisotopic (exact) mass is 368 g/mol. The average molecular weight is 369 g/mol. The fraction of sp³-hybridized carbons (Fsp3) is 0.471. The van der Waals surface area contributed by atoms with Crippen molar-refractivity contribution in [3.05, 3.63) is 34.3 Å². The van der Waals surface area contributed by atoms with Gasteiger partial charge in [0.15, 0.2) is 5.12 Å². The third-order valence-corrected chi connectivity index (χ3v) is 5.45. The Morgan fingerprint density at radius 1 is 1.29 bits per heavy atom. The van der Waals surface area contributed by atoms with E-state index in [0.29, 0.717) is 16.3 Å². The fourth-order valence-corrected chi connectivity index (χ4v) is 2.97. The van der Waals surface area contributed by atoms with Crippen molar-refractivity contribution >= 4 is 41.7 Å². The summed E-state index contributed by atoms with van der Waals surface area (Å²) in [7, 11) is -0.583. The zero-order chi connectivity index (χ0) is 18.1. The van der Waals surface area contributed by atoms with E-state index in [9.17, 15) is 9.90 Å². The van der Waals surface area contributed by atoms with Crippen molar-refractivity contribution in [3.63, 3.8) is 0 Å². The van der Waals surface area contributed by atoms with Crippen LogP contribution in [0.2, 0.25) is 5.02 Å². The molecule has 1 aliphatic heterocycles. The van der Waals surface area contributed by atoms with Crippen molar-refractivity contribution in [2.75, 3.05) is 5.75 Å². The normalized spacial score (nSPS) is 19.6. The smallest absolute Gasteiger partial charge is 0.491 e. The molecule has 0 radical (unpaired) electrons. The van der Waals surface area contributed by atoms with Crippen LogP contribution >= 0.6 is 23.4 Å². The quantitative estimate of drug-likeness (QED) is 0.801. The molecule has 24 heavy (non-hydrogen) atoms. The molecule has 0 amide bonds. The molecule has 2 rings (SSSR count). The van der Waals surface area contributed by atoms with E-state index in [0.717, 1.165) is 5.47 Å². The standard InChI is InChI=1S/C17H22BClO4S/c1-11(20)24-10-13(8-12-9-14(19)6-7-15(12)21)18-22-16(2,3)17(4,5)23-18/h6-9,21H,10H2,1-5H3. The molecule has 1 aliphatic rings.